The molecule has 0 aromatic heterocycles. The van der Waals surface area contributed by atoms with Gasteiger partial charge >= 0.3 is 0 Å². The lowest BCUT2D eigenvalue weighted by atomic mass is 10.1. The van der Waals surface area contributed by atoms with E-state index in [1.165, 1.54) is 5.56 Å². The molecule has 66 valence electrons. The molecule has 3 heteroatoms. The van der Waals surface area contributed by atoms with Crippen LogP contribution in [0.4, 0.5) is 0 Å². The first kappa shape index (κ1) is 11.0. The van der Waals surface area contributed by atoms with E-state index in [0.717, 1.165) is 12.0 Å². The molecule has 0 saturated carbocycles. The van der Waals surface area contributed by atoms with Crippen molar-refractivity contribution in [1.29, 1.82) is 5.41 Å². The summed E-state index contributed by atoms with van der Waals surface area (Å²) in [6.07, 6.45) is 1.03. The number of amidine groups is 1. The molecular weight excluding hydrogens is 172 g/mol. The van der Waals surface area contributed by atoms with Crippen molar-refractivity contribution in [2.45, 2.75) is 13.3 Å². The van der Waals surface area contributed by atoms with E-state index in [4.69, 9.17) is 11.1 Å². The number of halogens is 1. The summed E-state index contributed by atoms with van der Waals surface area (Å²) in [5.41, 5.74) is 7.36. The lowest BCUT2D eigenvalue weighted by Gasteiger charge is -1.98. The predicted molar refractivity (Wildman–Crippen MR) is 54.1 cm³/mol. The number of hydrogen-bond acceptors (Lipinski definition) is 1. The Morgan fingerprint density at radius 1 is 1.33 bits per heavy atom. The zero-order valence-electron chi connectivity index (χ0n) is 7.00. The average molecular weight is 185 g/mol. The first-order valence-corrected chi connectivity index (χ1v) is 3.67. The Morgan fingerprint density at radius 3 is 2.17 bits per heavy atom. The zero-order chi connectivity index (χ0) is 8.27. The Morgan fingerprint density at radius 2 is 1.83 bits per heavy atom. The Hall–Kier alpha value is -1.02. The van der Waals surface area contributed by atoms with E-state index >= 15 is 0 Å². The number of rotatable bonds is 2. The summed E-state index contributed by atoms with van der Waals surface area (Å²) in [7, 11) is 0. The summed E-state index contributed by atoms with van der Waals surface area (Å²) >= 11 is 0. The second kappa shape index (κ2) is 4.78. The molecule has 0 spiro atoms. The van der Waals surface area contributed by atoms with Crippen LogP contribution >= 0.6 is 12.4 Å². The molecule has 0 aliphatic carbocycles. The first-order chi connectivity index (χ1) is 5.24. The molecule has 0 fully saturated rings. The van der Waals surface area contributed by atoms with Crippen LogP contribution in [-0.4, -0.2) is 5.84 Å². The zero-order valence-corrected chi connectivity index (χ0v) is 7.82. The number of benzene rings is 1. The Balaban J connectivity index is 0.00000121. The quantitative estimate of drug-likeness (QED) is 0.536. The van der Waals surface area contributed by atoms with E-state index in [2.05, 4.69) is 6.92 Å². The topological polar surface area (TPSA) is 49.9 Å². The van der Waals surface area contributed by atoms with Crippen molar-refractivity contribution in [3.05, 3.63) is 35.4 Å². The van der Waals surface area contributed by atoms with Gasteiger partial charge in [0.2, 0.25) is 0 Å². The van der Waals surface area contributed by atoms with Crippen LogP contribution in [0, 0.1) is 5.41 Å². The van der Waals surface area contributed by atoms with E-state index < -0.39 is 0 Å². The van der Waals surface area contributed by atoms with Crippen LogP contribution in [0.25, 0.3) is 0 Å². The molecule has 0 heterocycles. The minimum atomic E-state index is 0. The van der Waals surface area contributed by atoms with Crippen LogP contribution in [0.5, 0.6) is 0 Å². The van der Waals surface area contributed by atoms with Crippen LogP contribution in [0.15, 0.2) is 24.3 Å². The van der Waals surface area contributed by atoms with Crippen molar-refractivity contribution in [2.75, 3.05) is 0 Å². The summed E-state index contributed by atoms with van der Waals surface area (Å²) in [5, 5.41) is 7.14. The van der Waals surface area contributed by atoms with Crippen LogP contribution in [0.3, 0.4) is 0 Å². The van der Waals surface area contributed by atoms with Gasteiger partial charge < -0.3 is 5.73 Å². The molecule has 1 aromatic rings. The SMILES string of the molecule is CCc1ccc(C(=N)N)cc1.Cl. The summed E-state index contributed by atoms with van der Waals surface area (Å²) in [5.74, 6) is 0.132. The lowest BCUT2D eigenvalue weighted by Crippen LogP contribution is -2.10. The molecule has 12 heavy (non-hydrogen) atoms. The fourth-order valence-corrected chi connectivity index (χ4v) is 0.920. The Labute approximate surface area is 78.7 Å². The van der Waals surface area contributed by atoms with Crippen molar-refractivity contribution < 1.29 is 0 Å². The molecule has 0 saturated heterocycles. The molecule has 0 unspecified atom stereocenters. The van der Waals surface area contributed by atoms with Crippen molar-refractivity contribution >= 4 is 18.2 Å². The third kappa shape index (κ3) is 2.55. The first-order valence-electron chi connectivity index (χ1n) is 3.67. The molecule has 0 amide bonds. The maximum Gasteiger partial charge on any atom is 0.122 e. The smallest absolute Gasteiger partial charge is 0.122 e. The van der Waals surface area contributed by atoms with Crippen molar-refractivity contribution in [3.63, 3.8) is 0 Å². The number of hydrogen-bond donors (Lipinski definition) is 2. The van der Waals surface area contributed by atoms with Crippen molar-refractivity contribution in [3.8, 4) is 0 Å². The third-order valence-corrected chi connectivity index (χ3v) is 1.67. The standard InChI is InChI=1S/C9H12N2.ClH/c1-2-7-3-5-8(6-4-7)9(10)11;/h3-6H,2H2,1H3,(H3,10,11);1H. The molecule has 3 N–H and O–H groups in total. The Kier molecular flexibility index (Phi) is 4.37. The van der Waals surface area contributed by atoms with Gasteiger partial charge in [0.25, 0.3) is 0 Å². The second-order valence-corrected chi connectivity index (χ2v) is 2.46. The molecular formula is C9H13ClN2. The van der Waals surface area contributed by atoms with E-state index in [-0.39, 0.29) is 18.2 Å². The normalized spacial score (nSPS) is 8.75. The molecule has 0 atom stereocenters. The number of aryl methyl sites for hydroxylation is 1. The molecule has 0 aliphatic rings. The molecule has 1 rings (SSSR count). The van der Waals surface area contributed by atoms with Crippen LogP contribution in [0.2, 0.25) is 0 Å². The van der Waals surface area contributed by atoms with Gasteiger partial charge in [0.15, 0.2) is 0 Å². The van der Waals surface area contributed by atoms with Crippen LogP contribution in [0.1, 0.15) is 18.1 Å². The highest BCUT2D eigenvalue weighted by Gasteiger charge is 1.93. The third-order valence-electron chi connectivity index (χ3n) is 1.67. The fourth-order valence-electron chi connectivity index (χ4n) is 0.920. The monoisotopic (exact) mass is 184 g/mol. The van der Waals surface area contributed by atoms with Gasteiger partial charge in [0.05, 0.1) is 0 Å². The summed E-state index contributed by atoms with van der Waals surface area (Å²) in [6, 6.07) is 7.75. The highest BCUT2D eigenvalue weighted by molar-refractivity contribution is 5.94. The van der Waals surface area contributed by atoms with Gasteiger partial charge in [-0.05, 0) is 12.0 Å². The van der Waals surface area contributed by atoms with Gasteiger partial charge in [0.1, 0.15) is 5.84 Å². The second-order valence-electron chi connectivity index (χ2n) is 2.46. The van der Waals surface area contributed by atoms with Gasteiger partial charge in [-0.15, -0.1) is 12.4 Å². The van der Waals surface area contributed by atoms with E-state index in [9.17, 15) is 0 Å². The molecule has 0 aliphatic heterocycles. The number of nitrogens with two attached hydrogens (primary N) is 1. The van der Waals surface area contributed by atoms with E-state index in [1.54, 1.807) is 0 Å². The van der Waals surface area contributed by atoms with E-state index in [1.807, 2.05) is 24.3 Å². The largest absolute Gasteiger partial charge is 0.384 e. The minimum absolute atomic E-state index is 0. The molecule has 0 radical (unpaired) electrons. The average Bonchev–Trinajstić information content (AvgIpc) is 2.05. The fraction of sp³-hybridized carbons (Fsp3) is 0.222. The number of nitrogens with one attached hydrogen (secondary N) is 1. The lowest BCUT2D eigenvalue weighted by molar-refractivity contribution is 1.14. The number of nitrogen functional groups attached to an aromatic ring is 1. The molecule has 2 nitrogen and oxygen atoms in total. The summed E-state index contributed by atoms with van der Waals surface area (Å²) in [6.45, 7) is 2.10. The van der Waals surface area contributed by atoms with Gasteiger partial charge in [-0.3, -0.25) is 5.41 Å². The maximum absolute atomic E-state index is 7.14. The highest BCUT2D eigenvalue weighted by atomic mass is 35.5. The van der Waals surface area contributed by atoms with Gasteiger partial charge in [-0.1, -0.05) is 31.2 Å². The highest BCUT2D eigenvalue weighted by Crippen LogP contribution is 2.03. The van der Waals surface area contributed by atoms with Gasteiger partial charge in [0, 0.05) is 5.56 Å². The predicted octanol–water partition coefficient (Wildman–Crippen LogP) is 1.95. The minimum Gasteiger partial charge on any atom is -0.384 e. The molecule has 1 aromatic carbocycles. The Bertz CT molecular complexity index is 254. The van der Waals surface area contributed by atoms with E-state index in [0.29, 0.717) is 0 Å². The van der Waals surface area contributed by atoms with Gasteiger partial charge in [-0.2, -0.15) is 0 Å². The van der Waals surface area contributed by atoms with Crippen LogP contribution in [-0.2, 0) is 6.42 Å². The van der Waals surface area contributed by atoms with Crippen molar-refractivity contribution in [1.82, 2.24) is 0 Å². The molecule has 0 bridgehead atoms. The summed E-state index contributed by atoms with van der Waals surface area (Å²) < 4.78 is 0. The summed E-state index contributed by atoms with van der Waals surface area (Å²) in [4.78, 5) is 0. The van der Waals surface area contributed by atoms with Crippen LogP contribution < -0.4 is 5.73 Å². The van der Waals surface area contributed by atoms with Crippen molar-refractivity contribution in [2.24, 2.45) is 5.73 Å². The van der Waals surface area contributed by atoms with Gasteiger partial charge in [-0.25, -0.2) is 0 Å². The maximum atomic E-state index is 7.14.